The summed E-state index contributed by atoms with van der Waals surface area (Å²) < 4.78 is 67.7. The van der Waals surface area contributed by atoms with Crippen molar-refractivity contribution in [2.45, 2.75) is 30.3 Å². The third kappa shape index (κ3) is 4.63. The topological polar surface area (TPSA) is 90.2 Å². The number of thiazole rings is 1. The molecule has 182 valence electrons. The Morgan fingerprint density at radius 3 is 2.62 bits per heavy atom. The average Bonchev–Trinajstić information content (AvgIpc) is 3.43. The summed E-state index contributed by atoms with van der Waals surface area (Å²) in [5.41, 5.74) is 0.115. The molecule has 4 rings (SSSR count). The molecule has 0 bridgehead atoms. The molecule has 2 heterocycles. The number of rotatable bonds is 7. The lowest BCUT2D eigenvalue weighted by Gasteiger charge is -2.21. The molecule has 1 fully saturated rings. The first kappa shape index (κ1) is 24.5. The molecule has 8 nitrogen and oxygen atoms in total. The van der Waals surface area contributed by atoms with Crippen LogP contribution < -0.4 is 9.54 Å². The Labute approximate surface area is 199 Å². The van der Waals surface area contributed by atoms with Gasteiger partial charge in [0.15, 0.2) is 10.6 Å². The van der Waals surface area contributed by atoms with Crippen molar-refractivity contribution in [3.8, 4) is 5.75 Å². The molecule has 1 atom stereocenters. The van der Waals surface area contributed by atoms with Crippen LogP contribution >= 0.6 is 11.3 Å². The number of sulfonamides is 1. The van der Waals surface area contributed by atoms with Gasteiger partial charge in [-0.05, 0) is 43.2 Å². The number of halogens is 2. The lowest BCUT2D eigenvalue weighted by atomic mass is 10.2. The number of nitrogens with zero attached hydrogens (tertiary/aromatic N) is 3. The molecule has 1 aromatic heterocycles. The summed E-state index contributed by atoms with van der Waals surface area (Å²) in [6, 6.07) is 6.87. The molecule has 0 radical (unpaired) electrons. The normalized spacial score (nSPS) is 17.5. The van der Waals surface area contributed by atoms with Crippen molar-refractivity contribution < 1.29 is 31.5 Å². The van der Waals surface area contributed by atoms with Gasteiger partial charge in [0.25, 0.3) is 5.91 Å². The molecule has 1 saturated heterocycles. The van der Waals surface area contributed by atoms with Gasteiger partial charge in [-0.2, -0.15) is 9.30 Å². The number of hydrogen-bond donors (Lipinski definition) is 0. The highest BCUT2D eigenvalue weighted by atomic mass is 32.2. The molecule has 1 aliphatic heterocycles. The van der Waals surface area contributed by atoms with Crippen molar-refractivity contribution in [2.24, 2.45) is 4.99 Å². The van der Waals surface area contributed by atoms with E-state index in [-0.39, 0.29) is 39.6 Å². The Hall–Kier alpha value is -2.67. The second-order valence-electron chi connectivity index (χ2n) is 7.66. The second kappa shape index (κ2) is 9.90. The fraction of sp³-hybridized carbons (Fsp3) is 0.364. The second-order valence-corrected chi connectivity index (χ2v) is 10.6. The lowest BCUT2D eigenvalue weighted by Crippen LogP contribution is -2.40. The fourth-order valence-electron chi connectivity index (χ4n) is 3.93. The van der Waals surface area contributed by atoms with Gasteiger partial charge < -0.3 is 14.0 Å². The van der Waals surface area contributed by atoms with E-state index in [1.807, 2.05) is 0 Å². The van der Waals surface area contributed by atoms with Gasteiger partial charge >= 0.3 is 0 Å². The zero-order chi connectivity index (χ0) is 24.5. The minimum absolute atomic E-state index is 0.0440. The summed E-state index contributed by atoms with van der Waals surface area (Å²) in [6.07, 6.45) is 0.806. The third-order valence-corrected chi connectivity index (χ3v) is 8.52. The maximum atomic E-state index is 14.5. The number of hydrogen-bond acceptors (Lipinski definition) is 6. The first-order chi connectivity index (χ1) is 16.3. The van der Waals surface area contributed by atoms with E-state index in [9.17, 15) is 22.0 Å². The zero-order valence-electron chi connectivity index (χ0n) is 18.5. The van der Waals surface area contributed by atoms with Gasteiger partial charge in [-0.15, -0.1) is 0 Å². The molecule has 2 aromatic carbocycles. The first-order valence-corrected chi connectivity index (χ1v) is 12.7. The Kier molecular flexibility index (Phi) is 7.12. The number of benzene rings is 2. The van der Waals surface area contributed by atoms with Gasteiger partial charge in [-0.1, -0.05) is 11.3 Å². The van der Waals surface area contributed by atoms with Crippen molar-refractivity contribution in [2.75, 3.05) is 27.4 Å². The minimum Gasteiger partial charge on any atom is -0.497 e. The van der Waals surface area contributed by atoms with Crippen LogP contribution in [-0.4, -0.2) is 56.6 Å². The zero-order valence-corrected chi connectivity index (χ0v) is 20.2. The molecule has 12 heteroatoms. The van der Waals surface area contributed by atoms with Crippen LogP contribution in [0.5, 0.6) is 5.75 Å². The Balaban J connectivity index is 1.72. The molecule has 0 saturated carbocycles. The summed E-state index contributed by atoms with van der Waals surface area (Å²) in [5.74, 6) is -1.67. The molecule has 0 aliphatic carbocycles. The van der Waals surface area contributed by atoms with E-state index in [1.54, 1.807) is 0 Å². The van der Waals surface area contributed by atoms with Crippen LogP contribution in [0.25, 0.3) is 10.2 Å². The Morgan fingerprint density at radius 1 is 1.21 bits per heavy atom. The van der Waals surface area contributed by atoms with Gasteiger partial charge in [-0.3, -0.25) is 4.79 Å². The van der Waals surface area contributed by atoms with E-state index in [1.165, 1.54) is 49.1 Å². The van der Waals surface area contributed by atoms with Crippen LogP contribution in [0.1, 0.15) is 12.8 Å². The smallest absolute Gasteiger partial charge is 0.266 e. The number of carbonyl (C=O) groups is 1. The quantitative estimate of drug-likeness (QED) is 0.487. The van der Waals surface area contributed by atoms with E-state index >= 15 is 0 Å². The number of aromatic nitrogens is 1. The van der Waals surface area contributed by atoms with E-state index in [4.69, 9.17) is 9.47 Å². The number of methoxy groups -OCH3 is 2. The standard InChI is InChI=1S/C22H23F2N3O5S2/c1-31-11-10-26-20-17(24)12-14(23)13-19(20)33-22(26)25-21(28)18-4-3-9-27(18)34(29,30)16-7-5-15(32-2)6-8-16/h5-8,12-13,18H,3-4,9-11H2,1-2H3. The van der Waals surface area contributed by atoms with Gasteiger partial charge in [0.1, 0.15) is 17.6 Å². The summed E-state index contributed by atoms with van der Waals surface area (Å²) in [4.78, 5) is 17.5. The molecule has 0 N–H and O–H groups in total. The number of fused-ring (bicyclic) bond motifs is 1. The van der Waals surface area contributed by atoms with Crippen LogP contribution in [0, 0.1) is 11.6 Å². The van der Waals surface area contributed by atoms with E-state index in [0.29, 0.717) is 18.6 Å². The molecular weight excluding hydrogens is 488 g/mol. The van der Waals surface area contributed by atoms with Gasteiger partial charge in [0, 0.05) is 26.3 Å². The van der Waals surface area contributed by atoms with Crippen LogP contribution in [0.2, 0.25) is 0 Å². The van der Waals surface area contributed by atoms with E-state index in [0.717, 1.165) is 21.7 Å². The molecule has 1 amide bonds. The first-order valence-electron chi connectivity index (χ1n) is 10.5. The summed E-state index contributed by atoms with van der Waals surface area (Å²) in [6.45, 7) is 0.575. The number of carbonyl (C=O) groups excluding carboxylic acids is 1. The van der Waals surface area contributed by atoms with Crippen LogP contribution in [-0.2, 0) is 26.1 Å². The monoisotopic (exact) mass is 511 g/mol. The summed E-state index contributed by atoms with van der Waals surface area (Å²) >= 11 is 0.957. The van der Waals surface area contributed by atoms with Gasteiger partial charge in [0.2, 0.25) is 10.0 Å². The number of amides is 1. The summed E-state index contributed by atoms with van der Waals surface area (Å²) in [5, 5.41) is 0. The maximum absolute atomic E-state index is 14.5. The summed E-state index contributed by atoms with van der Waals surface area (Å²) in [7, 11) is -0.988. The largest absolute Gasteiger partial charge is 0.497 e. The highest BCUT2D eigenvalue weighted by molar-refractivity contribution is 7.89. The highest BCUT2D eigenvalue weighted by Crippen LogP contribution is 2.28. The van der Waals surface area contributed by atoms with Gasteiger partial charge in [0.05, 0.1) is 28.8 Å². The Bertz CT molecular complexity index is 1380. The molecular formula is C22H23F2N3O5S2. The minimum atomic E-state index is -3.95. The van der Waals surface area contributed by atoms with Crippen molar-refractivity contribution in [3.63, 3.8) is 0 Å². The van der Waals surface area contributed by atoms with Gasteiger partial charge in [-0.25, -0.2) is 17.2 Å². The van der Waals surface area contributed by atoms with Crippen molar-refractivity contribution in [3.05, 3.63) is 52.8 Å². The van der Waals surface area contributed by atoms with Crippen LogP contribution in [0.15, 0.2) is 46.3 Å². The molecule has 3 aromatic rings. The van der Waals surface area contributed by atoms with Crippen LogP contribution in [0.3, 0.4) is 0 Å². The Morgan fingerprint density at radius 2 is 1.94 bits per heavy atom. The van der Waals surface area contributed by atoms with E-state index < -0.39 is 33.6 Å². The predicted octanol–water partition coefficient (Wildman–Crippen LogP) is 2.92. The predicted molar refractivity (Wildman–Crippen MR) is 122 cm³/mol. The maximum Gasteiger partial charge on any atom is 0.266 e. The molecule has 1 unspecified atom stereocenters. The van der Waals surface area contributed by atoms with Crippen molar-refractivity contribution in [1.82, 2.24) is 8.87 Å². The van der Waals surface area contributed by atoms with Crippen molar-refractivity contribution in [1.29, 1.82) is 0 Å². The van der Waals surface area contributed by atoms with Crippen molar-refractivity contribution >= 4 is 37.5 Å². The highest BCUT2D eigenvalue weighted by Gasteiger charge is 2.39. The number of ether oxygens (including phenoxy) is 2. The molecule has 34 heavy (non-hydrogen) atoms. The molecule has 0 spiro atoms. The fourth-order valence-corrected chi connectivity index (χ4v) is 6.68. The third-order valence-electron chi connectivity index (χ3n) is 5.57. The van der Waals surface area contributed by atoms with Crippen LogP contribution in [0.4, 0.5) is 8.78 Å². The SMILES string of the molecule is COCCn1c(=NC(=O)C2CCCN2S(=O)(=O)c2ccc(OC)cc2)sc2cc(F)cc(F)c21. The molecule has 1 aliphatic rings. The lowest BCUT2D eigenvalue weighted by molar-refractivity contribution is -0.121. The average molecular weight is 512 g/mol. The van der Waals surface area contributed by atoms with E-state index in [2.05, 4.69) is 4.99 Å².